The first kappa shape index (κ1) is 20.6. The number of nitrogens with zero attached hydrogens (tertiary/aromatic N) is 1. The number of fused-ring (bicyclic) bond motifs is 1. The van der Waals surface area contributed by atoms with E-state index in [1.54, 1.807) is 59.5 Å². The van der Waals surface area contributed by atoms with Crippen LogP contribution in [0.5, 0.6) is 0 Å². The second kappa shape index (κ2) is 8.22. The lowest BCUT2D eigenvalue weighted by Crippen LogP contribution is -2.35. The van der Waals surface area contributed by atoms with Crippen LogP contribution in [-0.2, 0) is 23.0 Å². The van der Waals surface area contributed by atoms with Gasteiger partial charge in [0.05, 0.1) is 4.90 Å². The summed E-state index contributed by atoms with van der Waals surface area (Å²) in [6, 6.07) is 21.0. The molecule has 1 atom stereocenters. The molecule has 1 heterocycles. The van der Waals surface area contributed by atoms with Gasteiger partial charge in [0.25, 0.3) is 5.91 Å². The monoisotopic (exact) mass is 440 g/mol. The number of amides is 1. The average Bonchev–Trinajstić information content (AvgIpc) is 3.08. The molecule has 3 aromatic rings. The molecule has 1 aliphatic heterocycles. The molecule has 5 nitrogen and oxygen atoms in total. The van der Waals surface area contributed by atoms with Crippen LogP contribution in [-0.4, -0.2) is 20.4 Å². The van der Waals surface area contributed by atoms with Crippen LogP contribution in [0.1, 0.15) is 28.4 Å². The molecule has 0 saturated carbocycles. The Bertz CT molecular complexity index is 1180. The van der Waals surface area contributed by atoms with E-state index in [-0.39, 0.29) is 23.4 Å². The number of sulfonamides is 1. The maximum atomic E-state index is 13.0. The molecule has 0 bridgehead atoms. The van der Waals surface area contributed by atoms with Gasteiger partial charge >= 0.3 is 0 Å². The lowest BCUT2D eigenvalue weighted by molar-refractivity contribution is 0.0981. The Morgan fingerprint density at radius 2 is 1.77 bits per heavy atom. The number of hydrogen-bond donors (Lipinski definition) is 1. The third-order valence-corrected chi connectivity index (χ3v) is 6.85. The fourth-order valence-corrected chi connectivity index (χ4v) is 4.86. The zero-order valence-corrected chi connectivity index (χ0v) is 18.0. The van der Waals surface area contributed by atoms with Crippen LogP contribution in [0.2, 0.25) is 5.02 Å². The summed E-state index contributed by atoms with van der Waals surface area (Å²) in [5.74, 6) is -0.0849. The summed E-state index contributed by atoms with van der Waals surface area (Å²) in [6.45, 7) is 2.14. The molecule has 3 aromatic carbocycles. The predicted octanol–water partition coefficient (Wildman–Crippen LogP) is 4.41. The van der Waals surface area contributed by atoms with E-state index in [1.165, 1.54) is 0 Å². The van der Waals surface area contributed by atoms with Crippen LogP contribution in [0.15, 0.2) is 77.7 Å². The average molecular weight is 441 g/mol. The van der Waals surface area contributed by atoms with Gasteiger partial charge in [-0.15, -0.1) is 0 Å². The van der Waals surface area contributed by atoms with E-state index in [4.69, 9.17) is 11.6 Å². The second-order valence-corrected chi connectivity index (χ2v) is 9.54. The first-order valence-electron chi connectivity index (χ1n) is 9.61. The molecule has 0 aliphatic carbocycles. The summed E-state index contributed by atoms with van der Waals surface area (Å²) in [5.41, 5.74) is 3.03. The molecule has 1 N–H and O–H groups in total. The first-order chi connectivity index (χ1) is 14.3. The van der Waals surface area contributed by atoms with Gasteiger partial charge in [-0.25, -0.2) is 13.1 Å². The van der Waals surface area contributed by atoms with Crippen LogP contribution in [0, 0.1) is 0 Å². The van der Waals surface area contributed by atoms with Gasteiger partial charge in [-0.2, -0.15) is 0 Å². The van der Waals surface area contributed by atoms with Gasteiger partial charge in [0, 0.05) is 28.9 Å². The Balaban J connectivity index is 1.56. The molecule has 4 rings (SSSR count). The summed E-state index contributed by atoms with van der Waals surface area (Å²) in [4.78, 5) is 14.9. The number of carbonyl (C=O) groups is 1. The largest absolute Gasteiger partial charge is 0.305 e. The van der Waals surface area contributed by atoms with Gasteiger partial charge < -0.3 is 4.90 Å². The van der Waals surface area contributed by atoms with E-state index in [0.29, 0.717) is 17.0 Å². The number of carbonyl (C=O) groups excluding carboxylic acids is 1. The summed E-state index contributed by atoms with van der Waals surface area (Å²) in [7, 11) is -3.68. The number of halogens is 1. The lowest BCUT2D eigenvalue weighted by atomic mass is 10.1. The van der Waals surface area contributed by atoms with Crippen molar-refractivity contribution >= 4 is 33.2 Å². The van der Waals surface area contributed by atoms with Crippen molar-refractivity contribution in [3.63, 3.8) is 0 Å². The van der Waals surface area contributed by atoms with Gasteiger partial charge in [-0.1, -0.05) is 41.9 Å². The minimum atomic E-state index is -3.68. The van der Waals surface area contributed by atoms with Gasteiger partial charge in [-0.3, -0.25) is 4.79 Å². The minimum Gasteiger partial charge on any atom is -0.305 e. The molecule has 0 fully saturated rings. The summed E-state index contributed by atoms with van der Waals surface area (Å²) >= 11 is 5.87. The smallest absolute Gasteiger partial charge is 0.258 e. The Morgan fingerprint density at radius 3 is 2.47 bits per heavy atom. The highest BCUT2D eigenvalue weighted by Crippen LogP contribution is 2.35. The Labute approximate surface area is 181 Å². The molecule has 0 spiro atoms. The molecule has 7 heteroatoms. The van der Waals surface area contributed by atoms with Crippen molar-refractivity contribution in [3.05, 3.63) is 94.5 Å². The molecule has 0 aromatic heterocycles. The van der Waals surface area contributed by atoms with E-state index in [9.17, 15) is 13.2 Å². The SMILES string of the molecule is C[C@H]1Cc2cc(S(=O)(=O)NCc3ccc(Cl)cc3)ccc2N1C(=O)c1ccccc1. The summed E-state index contributed by atoms with van der Waals surface area (Å²) in [6.07, 6.45) is 0.606. The van der Waals surface area contributed by atoms with E-state index in [0.717, 1.165) is 16.8 Å². The van der Waals surface area contributed by atoms with Crippen molar-refractivity contribution in [1.29, 1.82) is 0 Å². The van der Waals surface area contributed by atoms with Crippen molar-refractivity contribution < 1.29 is 13.2 Å². The Kier molecular flexibility index (Phi) is 5.64. The minimum absolute atomic E-state index is 0.0484. The zero-order valence-electron chi connectivity index (χ0n) is 16.4. The van der Waals surface area contributed by atoms with Gasteiger partial charge in [-0.05, 0) is 66.9 Å². The number of nitrogens with one attached hydrogen (secondary N) is 1. The maximum absolute atomic E-state index is 13.0. The molecule has 30 heavy (non-hydrogen) atoms. The number of anilines is 1. The van der Waals surface area contributed by atoms with Gasteiger partial charge in [0.15, 0.2) is 0 Å². The van der Waals surface area contributed by atoms with Crippen LogP contribution in [0.25, 0.3) is 0 Å². The van der Waals surface area contributed by atoms with E-state index in [1.807, 2.05) is 25.1 Å². The molecule has 1 amide bonds. The van der Waals surface area contributed by atoms with Crippen LogP contribution in [0.4, 0.5) is 5.69 Å². The quantitative estimate of drug-likeness (QED) is 0.639. The standard InChI is InChI=1S/C23H21ClN2O3S/c1-16-13-19-14-21(30(28,29)25-15-17-7-9-20(24)10-8-17)11-12-22(19)26(16)23(27)18-5-3-2-4-6-18/h2-12,14,16,25H,13,15H2,1H3/t16-/m0/s1. The summed E-state index contributed by atoms with van der Waals surface area (Å²) in [5, 5.41) is 0.601. The summed E-state index contributed by atoms with van der Waals surface area (Å²) < 4.78 is 28.2. The van der Waals surface area contributed by atoms with Crippen molar-refractivity contribution in [1.82, 2.24) is 4.72 Å². The number of hydrogen-bond acceptors (Lipinski definition) is 3. The zero-order chi connectivity index (χ0) is 21.3. The van der Waals surface area contributed by atoms with E-state index >= 15 is 0 Å². The van der Waals surface area contributed by atoms with Crippen LogP contribution >= 0.6 is 11.6 Å². The van der Waals surface area contributed by atoms with Crippen molar-refractivity contribution in [2.24, 2.45) is 0 Å². The van der Waals surface area contributed by atoms with Crippen molar-refractivity contribution in [2.75, 3.05) is 4.90 Å². The van der Waals surface area contributed by atoms with E-state index < -0.39 is 10.0 Å². The van der Waals surface area contributed by atoms with Crippen LogP contribution in [0.3, 0.4) is 0 Å². The second-order valence-electron chi connectivity index (χ2n) is 7.34. The Hall–Kier alpha value is -2.67. The highest BCUT2D eigenvalue weighted by atomic mass is 35.5. The topological polar surface area (TPSA) is 66.5 Å². The third kappa shape index (κ3) is 4.12. The molecule has 0 radical (unpaired) electrons. The van der Waals surface area contributed by atoms with E-state index in [2.05, 4.69) is 4.72 Å². The number of rotatable bonds is 5. The third-order valence-electron chi connectivity index (χ3n) is 5.20. The fraction of sp³-hybridized carbons (Fsp3) is 0.174. The first-order valence-corrected chi connectivity index (χ1v) is 11.5. The predicted molar refractivity (Wildman–Crippen MR) is 118 cm³/mol. The number of benzene rings is 3. The van der Waals surface area contributed by atoms with Crippen molar-refractivity contribution in [3.8, 4) is 0 Å². The van der Waals surface area contributed by atoms with Gasteiger partial charge in [0.1, 0.15) is 0 Å². The van der Waals surface area contributed by atoms with Crippen LogP contribution < -0.4 is 9.62 Å². The normalized spacial score (nSPS) is 15.8. The maximum Gasteiger partial charge on any atom is 0.258 e. The molecule has 0 saturated heterocycles. The highest BCUT2D eigenvalue weighted by Gasteiger charge is 2.32. The highest BCUT2D eigenvalue weighted by molar-refractivity contribution is 7.89. The van der Waals surface area contributed by atoms with Crippen molar-refractivity contribution in [2.45, 2.75) is 30.8 Å². The molecule has 1 aliphatic rings. The molecular weight excluding hydrogens is 420 g/mol. The Morgan fingerprint density at radius 1 is 1.07 bits per heavy atom. The lowest BCUT2D eigenvalue weighted by Gasteiger charge is -2.23. The molecule has 0 unspecified atom stereocenters. The fourth-order valence-electron chi connectivity index (χ4n) is 3.67. The van der Waals surface area contributed by atoms with Gasteiger partial charge in [0.2, 0.25) is 10.0 Å². The molecular formula is C23H21ClN2O3S. The molecule has 154 valence electrons.